The van der Waals surface area contributed by atoms with Crippen LogP contribution in [0.2, 0.25) is 0 Å². The Labute approximate surface area is 111 Å². The topological polar surface area (TPSA) is 40.5 Å². The second kappa shape index (κ2) is 5.65. The molecular weight excluding hydrogens is 282 g/mol. The van der Waals surface area contributed by atoms with Gasteiger partial charge in [0, 0.05) is 23.1 Å². The number of anilines is 1. The number of halogens is 1. The fourth-order valence-corrected chi connectivity index (χ4v) is 2.33. The summed E-state index contributed by atoms with van der Waals surface area (Å²) in [5, 5.41) is 9.86. The molecule has 0 aliphatic rings. The third-order valence-corrected chi connectivity index (χ3v) is 3.04. The summed E-state index contributed by atoms with van der Waals surface area (Å²) in [6.07, 6.45) is 0.820. The quantitative estimate of drug-likeness (QED) is 0.850. The second-order valence-corrected chi connectivity index (χ2v) is 5.51. The number of aldehydes is 1. The first-order valence-corrected chi connectivity index (χ1v) is 6.38. The van der Waals surface area contributed by atoms with Gasteiger partial charge in [-0.1, -0.05) is 0 Å². The molecule has 0 saturated carbocycles. The van der Waals surface area contributed by atoms with Crippen LogP contribution >= 0.6 is 15.9 Å². The van der Waals surface area contributed by atoms with Gasteiger partial charge in [0.25, 0.3) is 0 Å². The Morgan fingerprint density at radius 1 is 1.47 bits per heavy atom. The smallest absolute Gasteiger partial charge is 0.150 e. The Morgan fingerprint density at radius 3 is 2.53 bits per heavy atom. The highest BCUT2D eigenvalue weighted by molar-refractivity contribution is 9.10. The first kappa shape index (κ1) is 14.2. The molecule has 1 aromatic rings. The summed E-state index contributed by atoms with van der Waals surface area (Å²) in [7, 11) is 0. The molecule has 94 valence electrons. The van der Waals surface area contributed by atoms with Crippen molar-refractivity contribution in [3.05, 3.63) is 28.2 Å². The van der Waals surface area contributed by atoms with Crippen molar-refractivity contribution in [2.24, 2.45) is 0 Å². The van der Waals surface area contributed by atoms with E-state index in [1.807, 2.05) is 13.0 Å². The zero-order valence-corrected chi connectivity index (χ0v) is 12.0. The van der Waals surface area contributed by atoms with E-state index in [9.17, 15) is 9.90 Å². The summed E-state index contributed by atoms with van der Waals surface area (Å²) in [4.78, 5) is 12.7. The molecular formula is C13H18BrNO2. The van der Waals surface area contributed by atoms with Crippen molar-refractivity contribution in [3.8, 4) is 0 Å². The van der Waals surface area contributed by atoms with E-state index < -0.39 is 5.60 Å². The first-order chi connectivity index (χ1) is 7.87. The second-order valence-electron chi connectivity index (χ2n) is 4.66. The molecule has 0 aliphatic heterocycles. The van der Waals surface area contributed by atoms with Gasteiger partial charge < -0.3 is 10.0 Å². The molecule has 0 spiro atoms. The molecule has 0 unspecified atom stereocenters. The van der Waals surface area contributed by atoms with Crippen LogP contribution in [0.5, 0.6) is 0 Å². The molecule has 0 saturated heterocycles. The van der Waals surface area contributed by atoms with E-state index in [0.29, 0.717) is 12.1 Å². The number of hydrogen-bond acceptors (Lipinski definition) is 3. The Bertz CT molecular complexity index is 399. The highest BCUT2D eigenvalue weighted by Crippen LogP contribution is 2.28. The zero-order valence-electron chi connectivity index (χ0n) is 10.4. The molecule has 1 aromatic carbocycles. The van der Waals surface area contributed by atoms with Gasteiger partial charge in [-0.25, -0.2) is 0 Å². The summed E-state index contributed by atoms with van der Waals surface area (Å²) in [5.74, 6) is 0. The monoisotopic (exact) mass is 299 g/mol. The molecule has 3 nitrogen and oxygen atoms in total. The summed E-state index contributed by atoms with van der Waals surface area (Å²) in [6, 6.07) is 5.46. The number of carbonyl (C=O) groups is 1. The largest absolute Gasteiger partial charge is 0.389 e. The van der Waals surface area contributed by atoms with Crippen LogP contribution < -0.4 is 4.90 Å². The van der Waals surface area contributed by atoms with Gasteiger partial charge in [-0.2, -0.15) is 0 Å². The summed E-state index contributed by atoms with van der Waals surface area (Å²) in [5.41, 5.74) is 0.874. The summed E-state index contributed by atoms with van der Waals surface area (Å²) in [6.45, 7) is 6.93. The number of likely N-dealkylation sites (N-methyl/N-ethyl adjacent to an activating group) is 1. The van der Waals surface area contributed by atoms with E-state index in [4.69, 9.17) is 0 Å². The molecule has 0 atom stereocenters. The van der Waals surface area contributed by atoms with Gasteiger partial charge in [0.2, 0.25) is 0 Å². The van der Waals surface area contributed by atoms with Gasteiger partial charge in [0.05, 0.1) is 11.3 Å². The molecule has 17 heavy (non-hydrogen) atoms. The van der Waals surface area contributed by atoms with Crippen molar-refractivity contribution < 1.29 is 9.90 Å². The lowest BCUT2D eigenvalue weighted by molar-refractivity contribution is 0.0875. The Balaban J connectivity index is 3.00. The molecule has 0 aliphatic carbocycles. The van der Waals surface area contributed by atoms with Crippen LogP contribution in [0, 0.1) is 0 Å². The fraction of sp³-hybridized carbons (Fsp3) is 0.462. The summed E-state index contributed by atoms with van der Waals surface area (Å²) < 4.78 is 0.869. The lowest BCUT2D eigenvalue weighted by Crippen LogP contribution is -2.38. The average molecular weight is 300 g/mol. The zero-order chi connectivity index (χ0) is 13.1. The maximum Gasteiger partial charge on any atom is 0.150 e. The van der Waals surface area contributed by atoms with Crippen LogP contribution in [0.15, 0.2) is 22.7 Å². The van der Waals surface area contributed by atoms with Gasteiger partial charge in [0.1, 0.15) is 6.29 Å². The van der Waals surface area contributed by atoms with Crippen molar-refractivity contribution >= 4 is 27.9 Å². The molecule has 1 N–H and O–H groups in total. The Kier molecular flexibility index (Phi) is 4.71. The van der Waals surface area contributed by atoms with E-state index in [-0.39, 0.29) is 0 Å². The molecule has 0 fully saturated rings. The van der Waals surface area contributed by atoms with Gasteiger partial charge >= 0.3 is 0 Å². The van der Waals surface area contributed by atoms with Crippen molar-refractivity contribution in [1.82, 2.24) is 0 Å². The SMILES string of the molecule is CCN(CC(C)(C)O)c1ccc(C=O)cc1Br. The number of nitrogens with zero attached hydrogens (tertiary/aromatic N) is 1. The van der Waals surface area contributed by atoms with E-state index in [1.165, 1.54) is 0 Å². The number of aliphatic hydroxyl groups is 1. The van der Waals surface area contributed by atoms with Gasteiger partial charge in [-0.15, -0.1) is 0 Å². The minimum atomic E-state index is -0.751. The van der Waals surface area contributed by atoms with Gasteiger partial charge in [-0.05, 0) is 54.9 Å². The Hall–Kier alpha value is -0.870. The van der Waals surface area contributed by atoms with Crippen LogP contribution in [-0.2, 0) is 0 Å². The molecule has 1 rings (SSSR count). The predicted molar refractivity (Wildman–Crippen MR) is 73.7 cm³/mol. The number of benzene rings is 1. The molecule has 0 radical (unpaired) electrons. The maximum atomic E-state index is 10.7. The van der Waals surface area contributed by atoms with Crippen LogP contribution in [0.1, 0.15) is 31.1 Å². The van der Waals surface area contributed by atoms with Crippen molar-refractivity contribution in [2.45, 2.75) is 26.4 Å². The van der Waals surface area contributed by atoms with E-state index in [1.54, 1.807) is 26.0 Å². The van der Waals surface area contributed by atoms with Gasteiger partial charge in [-0.3, -0.25) is 4.79 Å². The Morgan fingerprint density at radius 2 is 2.12 bits per heavy atom. The third kappa shape index (κ3) is 4.13. The molecule has 0 bridgehead atoms. The fourth-order valence-electron chi connectivity index (χ4n) is 1.69. The highest BCUT2D eigenvalue weighted by Gasteiger charge is 2.19. The normalized spacial score (nSPS) is 11.4. The third-order valence-electron chi connectivity index (χ3n) is 2.41. The average Bonchev–Trinajstić information content (AvgIpc) is 2.24. The number of rotatable bonds is 5. The number of hydrogen-bond donors (Lipinski definition) is 1. The van der Waals surface area contributed by atoms with Crippen molar-refractivity contribution in [1.29, 1.82) is 0 Å². The minimum absolute atomic E-state index is 0.544. The van der Waals surface area contributed by atoms with E-state index in [0.717, 1.165) is 23.0 Å². The van der Waals surface area contributed by atoms with Crippen LogP contribution in [0.25, 0.3) is 0 Å². The van der Waals surface area contributed by atoms with Crippen molar-refractivity contribution in [3.63, 3.8) is 0 Å². The van der Waals surface area contributed by atoms with E-state index >= 15 is 0 Å². The van der Waals surface area contributed by atoms with Crippen LogP contribution in [0.4, 0.5) is 5.69 Å². The first-order valence-electron chi connectivity index (χ1n) is 5.59. The lowest BCUT2D eigenvalue weighted by Gasteiger charge is -2.30. The molecule has 4 heteroatoms. The minimum Gasteiger partial charge on any atom is -0.389 e. The van der Waals surface area contributed by atoms with Crippen LogP contribution in [0.3, 0.4) is 0 Å². The molecule has 0 aromatic heterocycles. The standard InChI is InChI=1S/C13H18BrNO2/c1-4-15(9-13(2,3)17)12-6-5-10(8-16)7-11(12)14/h5-8,17H,4,9H2,1-3H3. The lowest BCUT2D eigenvalue weighted by atomic mass is 10.1. The molecule has 0 amide bonds. The summed E-state index contributed by atoms with van der Waals surface area (Å²) >= 11 is 3.45. The maximum absolute atomic E-state index is 10.7. The van der Waals surface area contributed by atoms with Crippen LogP contribution in [-0.4, -0.2) is 30.1 Å². The van der Waals surface area contributed by atoms with Crippen molar-refractivity contribution in [2.75, 3.05) is 18.0 Å². The number of carbonyl (C=O) groups excluding carboxylic acids is 1. The predicted octanol–water partition coefficient (Wildman–Crippen LogP) is 2.86. The molecule has 0 heterocycles. The highest BCUT2D eigenvalue weighted by atomic mass is 79.9. The van der Waals surface area contributed by atoms with Gasteiger partial charge in [0.15, 0.2) is 0 Å². The van der Waals surface area contributed by atoms with E-state index in [2.05, 4.69) is 20.8 Å².